The number of carboxylic acid groups (broad SMARTS) is 1. The van der Waals surface area contributed by atoms with Gasteiger partial charge < -0.3 is 24.6 Å². The van der Waals surface area contributed by atoms with Crippen LogP contribution in [0.15, 0.2) is 66.7 Å². The number of benzene rings is 3. The number of carboxylic acids is 1. The molecule has 40 heavy (non-hydrogen) atoms. The molecule has 210 valence electrons. The summed E-state index contributed by atoms with van der Waals surface area (Å²) in [6.45, 7) is 3.20. The molecule has 1 heterocycles. The Morgan fingerprint density at radius 3 is 2.45 bits per heavy atom. The molecule has 0 aliphatic carbocycles. The van der Waals surface area contributed by atoms with Crippen LogP contribution in [0.2, 0.25) is 0 Å². The molecule has 4 rings (SSSR count). The van der Waals surface area contributed by atoms with Crippen molar-refractivity contribution in [2.75, 3.05) is 19.7 Å². The van der Waals surface area contributed by atoms with Crippen molar-refractivity contribution < 1.29 is 42.1 Å². The molecule has 0 spiro atoms. The van der Waals surface area contributed by atoms with Crippen molar-refractivity contribution in [3.63, 3.8) is 0 Å². The van der Waals surface area contributed by atoms with Crippen molar-refractivity contribution in [1.82, 2.24) is 5.32 Å². The fourth-order valence-corrected chi connectivity index (χ4v) is 4.29. The zero-order valence-corrected chi connectivity index (χ0v) is 21.7. The highest BCUT2D eigenvalue weighted by atomic mass is 19.4. The van der Waals surface area contributed by atoms with Gasteiger partial charge in [-0.15, -0.1) is 0 Å². The summed E-state index contributed by atoms with van der Waals surface area (Å²) in [5.41, 5.74) is 2.46. The molecular weight excluding hydrogens is 527 g/mol. The average molecular weight is 556 g/mol. The first-order valence-electron chi connectivity index (χ1n) is 12.6. The van der Waals surface area contributed by atoms with Crippen LogP contribution in [0.25, 0.3) is 5.57 Å². The number of aromatic carboxylic acids is 1. The van der Waals surface area contributed by atoms with Gasteiger partial charge in [0.15, 0.2) is 0 Å². The van der Waals surface area contributed by atoms with E-state index in [1.807, 2.05) is 12.1 Å². The second-order valence-electron chi connectivity index (χ2n) is 9.02. The Morgan fingerprint density at radius 2 is 1.75 bits per heavy atom. The van der Waals surface area contributed by atoms with Gasteiger partial charge in [0.2, 0.25) is 0 Å². The van der Waals surface area contributed by atoms with E-state index in [-0.39, 0.29) is 42.4 Å². The van der Waals surface area contributed by atoms with Crippen LogP contribution in [0.3, 0.4) is 0 Å². The van der Waals surface area contributed by atoms with Gasteiger partial charge in [0.1, 0.15) is 24.7 Å². The number of esters is 1. The van der Waals surface area contributed by atoms with E-state index in [9.17, 15) is 27.9 Å². The van der Waals surface area contributed by atoms with Crippen LogP contribution >= 0.6 is 0 Å². The lowest BCUT2D eigenvalue weighted by molar-refractivity contribution is -0.139. The van der Waals surface area contributed by atoms with Crippen molar-refractivity contribution in [3.05, 3.63) is 100 Å². The highest BCUT2D eigenvalue weighted by Crippen LogP contribution is 2.36. The molecule has 0 amide bonds. The molecule has 1 aliphatic rings. The third kappa shape index (κ3) is 7.20. The van der Waals surface area contributed by atoms with Gasteiger partial charge in [-0.1, -0.05) is 30.3 Å². The number of nitrogens with one attached hydrogen (secondary N) is 1. The molecule has 2 N–H and O–H groups in total. The zero-order chi connectivity index (χ0) is 28.7. The van der Waals surface area contributed by atoms with E-state index >= 15 is 0 Å². The third-order valence-corrected chi connectivity index (χ3v) is 6.23. The Balaban J connectivity index is 1.59. The number of carbonyl (C=O) groups is 2. The van der Waals surface area contributed by atoms with Crippen LogP contribution < -0.4 is 14.8 Å². The number of carbonyl (C=O) groups excluding carboxylic acids is 1. The van der Waals surface area contributed by atoms with E-state index in [4.69, 9.17) is 14.2 Å². The van der Waals surface area contributed by atoms with Crippen LogP contribution in [0.1, 0.15) is 56.3 Å². The Hall–Kier alpha value is -4.31. The summed E-state index contributed by atoms with van der Waals surface area (Å²) >= 11 is 0. The summed E-state index contributed by atoms with van der Waals surface area (Å²) in [7, 11) is 0. The maximum absolute atomic E-state index is 13.4. The number of hydrogen-bond acceptors (Lipinski definition) is 6. The van der Waals surface area contributed by atoms with Gasteiger partial charge in [-0.2, -0.15) is 13.2 Å². The number of para-hydroxylation sites is 1. The molecule has 0 saturated carbocycles. The van der Waals surface area contributed by atoms with Gasteiger partial charge in [0, 0.05) is 6.54 Å². The fourth-order valence-electron chi connectivity index (χ4n) is 4.29. The molecule has 7 nitrogen and oxygen atoms in total. The SMILES string of the molecule is CCOC(=O)c1cc(OCc2ccc(COc3ccccc3C(F)(F)F)cc2C2=CCNCC2)cc(C(=O)O)c1. The maximum Gasteiger partial charge on any atom is 0.419 e. The summed E-state index contributed by atoms with van der Waals surface area (Å²) in [4.78, 5) is 23.8. The minimum atomic E-state index is -4.53. The molecule has 0 bridgehead atoms. The topological polar surface area (TPSA) is 94.1 Å². The molecule has 10 heteroatoms. The first-order valence-corrected chi connectivity index (χ1v) is 12.6. The van der Waals surface area contributed by atoms with Gasteiger partial charge in [-0.25, -0.2) is 9.59 Å². The number of halogens is 3. The highest BCUT2D eigenvalue weighted by Gasteiger charge is 2.34. The molecule has 0 aromatic heterocycles. The van der Waals surface area contributed by atoms with Crippen molar-refractivity contribution >= 4 is 17.5 Å². The lowest BCUT2D eigenvalue weighted by Crippen LogP contribution is -2.20. The molecule has 0 saturated heterocycles. The predicted octanol–water partition coefficient (Wildman–Crippen LogP) is 6.12. The normalized spacial score (nSPS) is 13.3. The van der Waals surface area contributed by atoms with Crippen LogP contribution in [-0.4, -0.2) is 36.7 Å². The summed E-state index contributed by atoms with van der Waals surface area (Å²) < 4.78 is 56.6. The third-order valence-electron chi connectivity index (χ3n) is 6.23. The van der Waals surface area contributed by atoms with Crippen molar-refractivity contribution in [2.24, 2.45) is 0 Å². The van der Waals surface area contributed by atoms with Crippen LogP contribution in [0, 0.1) is 0 Å². The molecule has 1 aliphatic heterocycles. The minimum absolute atomic E-state index is 0.0590. The lowest BCUT2D eigenvalue weighted by atomic mass is 9.94. The second kappa shape index (κ2) is 12.7. The van der Waals surface area contributed by atoms with E-state index in [0.29, 0.717) is 12.1 Å². The van der Waals surface area contributed by atoms with Gasteiger partial charge in [0.05, 0.1) is 23.3 Å². The number of alkyl halides is 3. The molecule has 0 fully saturated rings. The van der Waals surface area contributed by atoms with Gasteiger partial charge in [0.25, 0.3) is 0 Å². The van der Waals surface area contributed by atoms with Crippen LogP contribution in [0.5, 0.6) is 11.5 Å². The predicted molar refractivity (Wildman–Crippen MR) is 141 cm³/mol. The quantitative estimate of drug-likeness (QED) is 0.291. The van der Waals surface area contributed by atoms with Crippen LogP contribution in [-0.2, 0) is 24.1 Å². The van der Waals surface area contributed by atoms with E-state index in [1.54, 1.807) is 19.1 Å². The highest BCUT2D eigenvalue weighted by molar-refractivity contribution is 5.95. The Kier molecular flexibility index (Phi) is 9.11. The Bertz CT molecular complexity index is 1420. The minimum Gasteiger partial charge on any atom is -0.489 e. The number of ether oxygens (including phenoxy) is 3. The van der Waals surface area contributed by atoms with E-state index < -0.39 is 23.7 Å². The van der Waals surface area contributed by atoms with Gasteiger partial charge in [-0.3, -0.25) is 0 Å². The lowest BCUT2D eigenvalue weighted by Gasteiger charge is -2.20. The molecule has 0 unspecified atom stereocenters. The Labute approximate surface area is 229 Å². The fraction of sp³-hybridized carbons (Fsp3) is 0.267. The van der Waals surface area contributed by atoms with E-state index in [1.165, 1.54) is 36.4 Å². The van der Waals surface area contributed by atoms with Crippen molar-refractivity contribution in [3.8, 4) is 11.5 Å². The van der Waals surface area contributed by atoms with E-state index in [2.05, 4.69) is 5.32 Å². The van der Waals surface area contributed by atoms with Gasteiger partial charge in [-0.05, 0) is 78.6 Å². The van der Waals surface area contributed by atoms with Gasteiger partial charge >= 0.3 is 18.1 Å². The summed E-state index contributed by atoms with van der Waals surface area (Å²) in [5, 5.41) is 12.7. The first-order chi connectivity index (χ1) is 19.2. The van der Waals surface area contributed by atoms with Crippen LogP contribution in [0.4, 0.5) is 13.2 Å². The molecule has 0 radical (unpaired) electrons. The van der Waals surface area contributed by atoms with E-state index in [0.717, 1.165) is 35.7 Å². The summed E-state index contributed by atoms with van der Waals surface area (Å²) in [6.07, 6.45) is -1.76. The van der Waals surface area contributed by atoms with Crippen molar-refractivity contribution in [2.45, 2.75) is 32.7 Å². The standard InChI is InChI=1S/C30H28F3NO6/c1-2-38-29(37)23-14-22(28(35)36)15-24(16-23)39-18-21-8-7-19(13-25(21)20-9-11-34-12-10-20)17-40-27-6-4-3-5-26(27)30(31,32)33/h3-9,13-16,34H,2,10-12,17-18H2,1H3,(H,35,36). The Morgan fingerprint density at radius 1 is 0.975 bits per heavy atom. The van der Waals surface area contributed by atoms with Crippen molar-refractivity contribution in [1.29, 1.82) is 0 Å². The summed E-state index contributed by atoms with van der Waals surface area (Å²) in [5.74, 6) is -1.94. The number of rotatable bonds is 10. The molecular formula is C30H28F3NO6. The summed E-state index contributed by atoms with van der Waals surface area (Å²) in [6, 6.07) is 14.5. The maximum atomic E-state index is 13.4. The monoisotopic (exact) mass is 555 g/mol. The largest absolute Gasteiger partial charge is 0.489 e. The first kappa shape index (κ1) is 28.7. The average Bonchev–Trinajstić information content (AvgIpc) is 2.95. The second-order valence-corrected chi connectivity index (χ2v) is 9.02. The molecule has 0 atom stereocenters. The smallest absolute Gasteiger partial charge is 0.419 e. The molecule has 3 aromatic rings. The zero-order valence-electron chi connectivity index (χ0n) is 21.7. The molecule has 3 aromatic carbocycles. The number of hydrogen-bond donors (Lipinski definition) is 2.